The van der Waals surface area contributed by atoms with Crippen molar-refractivity contribution in [3.8, 4) is 12.3 Å². The van der Waals surface area contributed by atoms with Crippen molar-refractivity contribution in [1.82, 2.24) is 9.47 Å². The minimum Gasteiger partial charge on any atom is -0.389 e. The summed E-state index contributed by atoms with van der Waals surface area (Å²) in [5, 5.41) is 10.3. The Labute approximate surface area is 181 Å². The molecule has 0 radical (unpaired) electrons. The zero-order valence-electron chi connectivity index (χ0n) is 18.8. The first kappa shape index (κ1) is 24.2. The van der Waals surface area contributed by atoms with Gasteiger partial charge in [0.1, 0.15) is 6.61 Å². The van der Waals surface area contributed by atoms with Gasteiger partial charge in [-0.2, -0.15) is 0 Å². The van der Waals surface area contributed by atoms with Gasteiger partial charge in [0.2, 0.25) is 0 Å². The van der Waals surface area contributed by atoms with Gasteiger partial charge >= 0.3 is 0 Å². The molecule has 5 nitrogen and oxygen atoms in total. The molecule has 0 aliphatic heterocycles. The summed E-state index contributed by atoms with van der Waals surface area (Å²) in [4.78, 5) is 2.18. The quantitative estimate of drug-likeness (QED) is 0.429. The van der Waals surface area contributed by atoms with E-state index in [0.29, 0.717) is 13.2 Å². The van der Waals surface area contributed by atoms with E-state index in [-0.39, 0.29) is 18.6 Å². The molecule has 1 aromatic heterocycles. The molecule has 0 fully saturated rings. The number of hydrogen-bond acceptors (Lipinski definition) is 4. The molecule has 1 aromatic carbocycles. The number of hydrogen-bond donors (Lipinski definition) is 1. The summed E-state index contributed by atoms with van der Waals surface area (Å²) in [6.07, 6.45) is 6.71. The molecule has 2 rings (SSSR count). The number of ether oxygens (including phenoxy) is 2. The highest BCUT2D eigenvalue weighted by atomic mass is 16.5. The molecular weight excluding hydrogens is 376 g/mol. The van der Waals surface area contributed by atoms with E-state index < -0.39 is 6.10 Å². The van der Waals surface area contributed by atoms with Crippen molar-refractivity contribution in [2.75, 3.05) is 40.0 Å². The van der Waals surface area contributed by atoms with Crippen LogP contribution in [0.5, 0.6) is 0 Å². The number of aliphatic hydroxyl groups excluding tert-OH is 1. The SMILES string of the molecule is C#CCOCC(O)CN(CCOC)Cc1cccn1Cc1ccc(C(C)(C)C)cc1. The van der Waals surface area contributed by atoms with Crippen molar-refractivity contribution in [2.24, 2.45) is 0 Å². The summed E-state index contributed by atoms with van der Waals surface area (Å²) in [7, 11) is 1.69. The minimum absolute atomic E-state index is 0.157. The molecule has 5 heteroatoms. The Morgan fingerprint density at radius 1 is 1.20 bits per heavy atom. The predicted molar refractivity (Wildman–Crippen MR) is 121 cm³/mol. The topological polar surface area (TPSA) is 46.9 Å². The lowest BCUT2D eigenvalue weighted by atomic mass is 9.87. The molecular formula is C25H36N2O3. The van der Waals surface area contributed by atoms with Gasteiger partial charge in [-0.3, -0.25) is 4.90 Å². The van der Waals surface area contributed by atoms with Crippen LogP contribution in [0.2, 0.25) is 0 Å². The summed E-state index contributed by atoms with van der Waals surface area (Å²) in [5.41, 5.74) is 3.96. The average Bonchev–Trinajstić information content (AvgIpc) is 3.12. The van der Waals surface area contributed by atoms with E-state index in [9.17, 15) is 5.11 Å². The largest absolute Gasteiger partial charge is 0.389 e. The van der Waals surface area contributed by atoms with Crippen LogP contribution in [0.1, 0.15) is 37.6 Å². The fraction of sp³-hybridized carbons (Fsp3) is 0.520. The molecule has 0 aliphatic carbocycles. The number of nitrogens with zero attached hydrogens (tertiary/aromatic N) is 2. The molecule has 1 heterocycles. The van der Waals surface area contributed by atoms with Gasteiger partial charge in [-0.1, -0.05) is 51.0 Å². The highest BCUT2D eigenvalue weighted by Crippen LogP contribution is 2.22. The zero-order valence-corrected chi connectivity index (χ0v) is 18.8. The van der Waals surface area contributed by atoms with E-state index in [1.807, 2.05) is 0 Å². The number of methoxy groups -OCH3 is 1. The number of rotatable bonds is 12. The Kier molecular flexibility index (Phi) is 9.61. The second-order valence-corrected chi connectivity index (χ2v) is 8.68. The lowest BCUT2D eigenvalue weighted by Crippen LogP contribution is -2.37. The van der Waals surface area contributed by atoms with E-state index in [0.717, 1.165) is 19.6 Å². The second kappa shape index (κ2) is 11.9. The van der Waals surface area contributed by atoms with Crippen molar-refractivity contribution in [3.05, 3.63) is 59.4 Å². The first-order valence-corrected chi connectivity index (χ1v) is 10.5. The predicted octanol–water partition coefficient (Wildman–Crippen LogP) is 3.29. The summed E-state index contributed by atoms with van der Waals surface area (Å²) < 4.78 is 12.8. The molecule has 0 amide bonds. The van der Waals surface area contributed by atoms with Gasteiger partial charge in [0, 0.05) is 45.2 Å². The number of aromatic nitrogens is 1. The molecule has 0 saturated heterocycles. The normalized spacial score (nSPS) is 12.8. The molecule has 0 saturated carbocycles. The van der Waals surface area contributed by atoms with Crippen LogP contribution in [0.4, 0.5) is 0 Å². The van der Waals surface area contributed by atoms with Crippen molar-refractivity contribution in [2.45, 2.75) is 45.4 Å². The van der Waals surface area contributed by atoms with Gasteiger partial charge in [0.15, 0.2) is 0 Å². The Hall–Kier alpha value is -2.10. The van der Waals surface area contributed by atoms with Crippen LogP contribution < -0.4 is 0 Å². The fourth-order valence-electron chi connectivity index (χ4n) is 3.34. The van der Waals surface area contributed by atoms with E-state index in [2.05, 4.69) is 78.8 Å². The fourth-order valence-corrected chi connectivity index (χ4v) is 3.34. The van der Waals surface area contributed by atoms with Crippen LogP contribution in [0.3, 0.4) is 0 Å². The van der Waals surface area contributed by atoms with Crippen molar-refractivity contribution in [1.29, 1.82) is 0 Å². The van der Waals surface area contributed by atoms with E-state index in [1.165, 1.54) is 16.8 Å². The monoisotopic (exact) mass is 412 g/mol. The molecule has 1 unspecified atom stereocenters. The molecule has 0 bridgehead atoms. The first-order valence-electron chi connectivity index (χ1n) is 10.5. The van der Waals surface area contributed by atoms with E-state index >= 15 is 0 Å². The second-order valence-electron chi connectivity index (χ2n) is 8.68. The summed E-state index contributed by atoms with van der Waals surface area (Å²) in [6, 6.07) is 13.1. The Morgan fingerprint density at radius 3 is 2.57 bits per heavy atom. The maximum atomic E-state index is 10.3. The molecule has 1 N–H and O–H groups in total. The van der Waals surface area contributed by atoms with Crippen LogP contribution in [-0.2, 0) is 28.0 Å². The smallest absolute Gasteiger partial charge is 0.107 e. The van der Waals surface area contributed by atoms with Gasteiger partial charge in [-0.25, -0.2) is 0 Å². The number of aliphatic hydroxyl groups is 1. The Morgan fingerprint density at radius 2 is 1.93 bits per heavy atom. The van der Waals surface area contributed by atoms with Crippen LogP contribution in [0.15, 0.2) is 42.6 Å². The van der Waals surface area contributed by atoms with E-state index in [1.54, 1.807) is 7.11 Å². The lowest BCUT2D eigenvalue weighted by molar-refractivity contribution is 0.0202. The summed E-state index contributed by atoms with van der Waals surface area (Å²) >= 11 is 0. The van der Waals surface area contributed by atoms with Gasteiger partial charge < -0.3 is 19.1 Å². The van der Waals surface area contributed by atoms with Crippen LogP contribution >= 0.6 is 0 Å². The van der Waals surface area contributed by atoms with Crippen molar-refractivity contribution < 1.29 is 14.6 Å². The summed E-state index contributed by atoms with van der Waals surface area (Å²) in [6.45, 7) is 10.5. The van der Waals surface area contributed by atoms with Crippen LogP contribution in [-0.4, -0.2) is 60.7 Å². The Balaban J connectivity index is 2.02. The van der Waals surface area contributed by atoms with Crippen molar-refractivity contribution in [3.63, 3.8) is 0 Å². The standard InChI is InChI=1S/C25H36N2O3/c1-6-15-30-20-24(28)19-26(14-16-29-5)18-23-8-7-13-27(23)17-21-9-11-22(12-10-21)25(2,3)4/h1,7-13,24,28H,14-20H2,2-5H3. The molecule has 164 valence electrons. The van der Waals surface area contributed by atoms with Crippen LogP contribution in [0, 0.1) is 12.3 Å². The highest BCUT2D eigenvalue weighted by Gasteiger charge is 2.15. The third-order valence-corrected chi connectivity index (χ3v) is 5.06. The number of benzene rings is 1. The highest BCUT2D eigenvalue weighted by molar-refractivity contribution is 5.28. The maximum absolute atomic E-state index is 10.3. The van der Waals surface area contributed by atoms with E-state index in [4.69, 9.17) is 15.9 Å². The van der Waals surface area contributed by atoms with Crippen LogP contribution in [0.25, 0.3) is 0 Å². The summed E-state index contributed by atoms with van der Waals surface area (Å²) in [5.74, 6) is 2.42. The molecule has 1 atom stereocenters. The maximum Gasteiger partial charge on any atom is 0.107 e. The van der Waals surface area contributed by atoms with Crippen molar-refractivity contribution >= 4 is 0 Å². The Bertz CT molecular complexity index is 784. The molecule has 2 aromatic rings. The third kappa shape index (κ3) is 7.97. The van der Waals surface area contributed by atoms with Gasteiger partial charge in [0.25, 0.3) is 0 Å². The molecule has 0 aliphatic rings. The number of terminal acetylenes is 1. The zero-order chi connectivity index (χ0) is 22.0. The molecule has 0 spiro atoms. The minimum atomic E-state index is -0.594. The van der Waals surface area contributed by atoms with Gasteiger partial charge in [-0.05, 0) is 28.7 Å². The van der Waals surface area contributed by atoms with Gasteiger partial charge in [0.05, 0.1) is 19.3 Å². The molecule has 30 heavy (non-hydrogen) atoms. The lowest BCUT2D eigenvalue weighted by Gasteiger charge is -2.25. The van der Waals surface area contributed by atoms with Gasteiger partial charge in [-0.15, -0.1) is 6.42 Å². The third-order valence-electron chi connectivity index (χ3n) is 5.06. The average molecular weight is 413 g/mol. The first-order chi connectivity index (χ1) is 14.3.